The number of carboxylic acid groups (broad SMARTS) is 1. The van der Waals surface area contributed by atoms with E-state index in [4.69, 9.17) is 27.9 Å². The maximum atomic E-state index is 12.9. The number of hydrogen-bond donors (Lipinski definition) is 2. The molecule has 0 aliphatic heterocycles. The van der Waals surface area contributed by atoms with Gasteiger partial charge in [-0.3, -0.25) is 9.59 Å². The van der Waals surface area contributed by atoms with E-state index in [9.17, 15) is 14.7 Å². The summed E-state index contributed by atoms with van der Waals surface area (Å²) in [6.07, 6.45) is 4.56. The van der Waals surface area contributed by atoms with E-state index in [0.29, 0.717) is 33.7 Å². The number of aliphatic carboxylic acids is 1. The maximum absolute atomic E-state index is 12.9. The van der Waals surface area contributed by atoms with Crippen LogP contribution in [0, 0.1) is 23.7 Å². The van der Waals surface area contributed by atoms with Gasteiger partial charge in [-0.1, -0.05) is 47.5 Å². The van der Waals surface area contributed by atoms with Gasteiger partial charge >= 0.3 is 5.97 Å². The Hall–Kier alpha value is -2.50. The van der Waals surface area contributed by atoms with E-state index >= 15 is 0 Å². The third-order valence-electron chi connectivity index (χ3n) is 5.31. The summed E-state index contributed by atoms with van der Waals surface area (Å²) in [5, 5.41) is 13.2. The van der Waals surface area contributed by atoms with Crippen molar-refractivity contribution in [2.45, 2.75) is 6.42 Å². The number of anilines is 1. The Morgan fingerprint density at radius 1 is 1.00 bits per heavy atom. The number of hydrogen-bond acceptors (Lipinski definition) is 3. The summed E-state index contributed by atoms with van der Waals surface area (Å²) >= 11 is 12.1. The predicted molar refractivity (Wildman–Crippen MR) is 107 cm³/mol. The van der Waals surface area contributed by atoms with Crippen LogP contribution >= 0.6 is 23.2 Å². The first-order valence-electron chi connectivity index (χ1n) is 8.88. The molecule has 0 radical (unpaired) electrons. The van der Waals surface area contributed by atoms with Crippen LogP contribution in [-0.2, 0) is 9.59 Å². The number of fused-ring (bicyclic) bond motifs is 2. The second-order valence-electron chi connectivity index (χ2n) is 7.00. The fourth-order valence-corrected chi connectivity index (χ4v) is 4.51. The van der Waals surface area contributed by atoms with Gasteiger partial charge in [0.25, 0.3) is 0 Å². The van der Waals surface area contributed by atoms with Crippen molar-refractivity contribution in [2.24, 2.45) is 23.7 Å². The Labute approximate surface area is 171 Å². The number of carboxylic acids is 1. The molecule has 1 amide bonds. The van der Waals surface area contributed by atoms with Crippen molar-refractivity contribution in [3.05, 3.63) is 64.7 Å². The van der Waals surface area contributed by atoms with E-state index in [-0.39, 0.29) is 17.7 Å². The van der Waals surface area contributed by atoms with Gasteiger partial charge in [0.15, 0.2) is 5.75 Å². The normalized spacial score (nSPS) is 24.9. The van der Waals surface area contributed by atoms with Gasteiger partial charge in [-0.2, -0.15) is 0 Å². The molecule has 2 aliphatic carbocycles. The molecule has 7 heteroatoms. The molecule has 4 atom stereocenters. The van der Waals surface area contributed by atoms with E-state index in [1.807, 2.05) is 12.2 Å². The highest BCUT2D eigenvalue weighted by molar-refractivity contribution is 6.35. The van der Waals surface area contributed by atoms with Crippen molar-refractivity contribution in [1.29, 1.82) is 0 Å². The van der Waals surface area contributed by atoms with Gasteiger partial charge in [-0.25, -0.2) is 0 Å². The maximum Gasteiger partial charge on any atom is 0.307 e. The summed E-state index contributed by atoms with van der Waals surface area (Å²) in [4.78, 5) is 24.6. The molecule has 0 heterocycles. The van der Waals surface area contributed by atoms with E-state index in [1.165, 1.54) is 0 Å². The molecular weight excluding hydrogens is 401 g/mol. The number of halogens is 2. The van der Waals surface area contributed by atoms with Gasteiger partial charge < -0.3 is 15.2 Å². The molecule has 5 nitrogen and oxygen atoms in total. The summed E-state index contributed by atoms with van der Waals surface area (Å²) in [6.45, 7) is 0. The lowest BCUT2D eigenvalue weighted by Crippen LogP contribution is -2.36. The molecule has 28 heavy (non-hydrogen) atoms. The predicted octanol–water partition coefficient (Wildman–Crippen LogP) is 5.25. The van der Waals surface area contributed by atoms with Crippen LogP contribution in [0.15, 0.2) is 54.6 Å². The van der Waals surface area contributed by atoms with Crippen LogP contribution in [0.25, 0.3) is 0 Å². The number of allylic oxidation sites excluding steroid dienone is 2. The highest BCUT2D eigenvalue weighted by Gasteiger charge is 2.51. The second kappa shape index (κ2) is 7.49. The zero-order valence-electron chi connectivity index (χ0n) is 14.6. The van der Waals surface area contributed by atoms with Crippen LogP contribution in [0.1, 0.15) is 6.42 Å². The zero-order valence-corrected chi connectivity index (χ0v) is 16.2. The summed E-state index contributed by atoms with van der Waals surface area (Å²) in [5.41, 5.74) is 0.453. The summed E-state index contributed by atoms with van der Waals surface area (Å²) < 4.78 is 5.86. The number of carbonyl (C=O) groups is 2. The van der Waals surface area contributed by atoms with Crippen LogP contribution in [0.3, 0.4) is 0 Å². The van der Waals surface area contributed by atoms with Crippen molar-refractivity contribution >= 4 is 40.8 Å². The smallest absolute Gasteiger partial charge is 0.307 e. The molecular formula is C21H17Cl2NO4. The second-order valence-corrected chi connectivity index (χ2v) is 7.84. The highest BCUT2D eigenvalue weighted by atomic mass is 35.5. The molecule has 2 N–H and O–H groups in total. The first-order valence-corrected chi connectivity index (χ1v) is 9.63. The van der Waals surface area contributed by atoms with Crippen molar-refractivity contribution in [1.82, 2.24) is 0 Å². The van der Waals surface area contributed by atoms with E-state index < -0.39 is 17.8 Å². The summed E-state index contributed by atoms with van der Waals surface area (Å²) in [5.74, 6) is -1.88. The highest BCUT2D eigenvalue weighted by Crippen LogP contribution is 2.48. The van der Waals surface area contributed by atoms with Gasteiger partial charge in [0, 0.05) is 5.02 Å². The van der Waals surface area contributed by atoms with E-state index in [0.717, 1.165) is 0 Å². The summed E-state index contributed by atoms with van der Waals surface area (Å²) in [6, 6.07) is 11.8. The number of nitrogens with one attached hydrogen (secondary N) is 1. The van der Waals surface area contributed by atoms with Gasteiger partial charge in [-0.15, -0.1) is 0 Å². The van der Waals surface area contributed by atoms with Gasteiger partial charge in [0.2, 0.25) is 5.91 Å². The van der Waals surface area contributed by atoms with E-state index in [1.54, 1.807) is 42.5 Å². The fraction of sp³-hybridized carbons (Fsp3) is 0.238. The SMILES string of the molecule is O=C(O)C1C2C=CC(C2)C1C(=O)Nc1ccccc1Oc1ccc(Cl)cc1Cl. The third-order valence-corrected chi connectivity index (χ3v) is 5.84. The van der Waals surface area contributed by atoms with Crippen LogP contribution in [0.4, 0.5) is 5.69 Å². The molecule has 1 saturated carbocycles. The number of ether oxygens (including phenoxy) is 1. The first-order chi connectivity index (χ1) is 13.4. The summed E-state index contributed by atoms with van der Waals surface area (Å²) in [7, 11) is 0. The number of rotatable bonds is 5. The standard InChI is InChI=1S/C21H17Cl2NO4/c22-13-7-8-16(14(23)10-13)28-17-4-2-1-3-15(17)24-20(25)18-11-5-6-12(9-11)19(18)21(26)27/h1-8,10-12,18-19H,9H2,(H,24,25)(H,26,27). The molecule has 0 aromatic heterocycles. The van der Waals surface area contributed by atoms with Crippen molar-refractivity contribution in [2.75, 3.05) is 5.32 Å². The third kappa shape index (κ3) is 3.48. The lowest BCUT2D eigenvalue weighted by molar-refractivity contribution is -0.146. The quantitative estimate of drug-likeness (QED) is 0.651. The molecule has 2 aromatic rings. The Balaban J connectivity index is 1.56. The monoisotopic (exact) mass is 417 g/mol. The first kappa shape index (κ1) is 18.8. The minimum absolute atomic E-state index is 0.0510. The average molecular weight is 418 g/mol. The number of amides is 1. The van der Waals surface area contributed by atoms with Crippen LogP contribution in [0.5, 0.6) is 11.5 Å². The van der Waals surface area contributed by atoms with Gasteiger partial charge in [-0.05, 0) is 48.6 Å². The Bertz CT molecular complexity index is 975. The molecule has 0 spiro atoms. The Morgan fingerprint density at radius 2 is 1.71 bits per heavy atom. The molecule has 2 aromatic carbocycles. The minimum Gasteiger partial charge on any atom is -0.481 e. The lowest BCUT2D eigenvalue weighted by Gasteiger charge is -2.24. The van der Waals surface area contributed by atoms with Crippen LogP contribution in [-0.4, -0.2) is 17.0 Å². The number of carbonyl (C=O) groups excluding carboxylic acids is 1. The molecule has 0 saturated heterocycles. The Morgan fingerprint density at radius 3 is 2.43 bits per heavy atom. The fourth-order valence-electron chi connectivity index (χ4n) is 4.07. The van der Waals surface area contributed by atoms with Gasteiger partial charge in [0.05, 0.1) is 22.5 Å². The largest absolute Gasteiger partial charge is 0.481 e. The minimum atomic E-state index is -0.936. The number of para-hydroxylation sites is 2. The molecule has 2 bridgehead atoms. The molecule has 144 valence electrons. The molecule has 4 unspecified atom stereocenters. The van der Waals surface area contributed by atoms with Crippen LogP contribution < -0.4 is 10.1 Å². The zero-order chi connectivity index (χ0) is 19.8. The number of benzene rings is 2. The van der Waals surface area contributed by atoms with Gasteiger partial charge in [0.1, 0.15) is 5.75 Å². The van der Waals surface area contributed by atoms with E-state index in [2.05, 4.69) is 5.32 Å². The Kier molecular flexibility index (Phi) is 5.04. The molecule has 4 rings (SSSR count). The topological polar surface area (TPSA) is 75.6 Å². The van der Waals surface area contributed by atoms with Crippen LogP contribution in [0.2, 0.25) is 10.0 Å². The van der Waals surface area contributed by atoms with Crippen molar-refractivity contribution in [3.63, 3.8) is 0 Å². The van der Waals surface area contributed by atoms with Crippen molar-refractivity contribution < 1.29 is 19.4 Å². The average Bonchev–Trinajstić information content (AvgIpc) is 3.27. The van der Waals surface area contributed by atoms with Crippen molar-refractivity contribution in [3.8, 4) is 11.5 Å². The molecule has 2 aliphatic rings. The lowest BCUT2D eigenvalue weighted by atomic mass is 9.82. The molecule has 1 fully saturated rings.